The zero-order valence-corrected chi connectivity index (χ0v) is 9.60. The number of hydrogen-bond donors (Lipinski definition) is 0. The molecule has 0 saturated heterocycles. The summed E-state index contributed by atoms with van der Waals surface area (Å²) in [5.74, 6) is 5.46. The standard InChI is InChI=1S/C12H11BrO/c1-2-4-12(14)8-7-10-5-3-6-11(13)9-10/h3,5-6,9H,2,4H2,1H3. The molecule has 72 valence electrons. The van der Waals surface area contributed by atoms with Crippen LogP contribution in [-0.2, 0) is 4.79 Å². The zero-order chi connectivity index (χ0) is 10.4. The lowest BCUT2D eigenvalue weighted by atomic mass is 10.2. The third-order valence-corrected chi connectivity index (χ3v) is 2.14. The van der Waals surface area contributed by atoms with E-state index >= 15 is 0 Å². The highest BCUT2D eigenvalue weighted by Gasteiger charge is 1.93. The van der Waals surface area contributed by atoms with E-state index in [9.17, 15) is 4.79 Å². The van der Waals surface area contributed by atoms with E-state index in [2.05, 4.69) is 27.8 Å². The minimum atomic E-state index is 0.00692. The Labute approximate surface area is 92.6 Å². The van der Waals surface area contributed by atoms with Crippen LogP contribution in [0.4, 0.5) is 0 Å². The molecule has 0 heterocycles. The van der Waals surface area contributed by atoms with Crippen LogP contribution in [0.5, 0.6) is 0 Å². The number of carbonyl (C=O) groups excluding carboxylic acids is 1. The summed E-state index contributed by atoms with van der Waals surface area (Å²) in [5, 5.41) is 0. The monoisotopic (exact) mass is 250 g/mol. The van der Waals surface area contributed by atoms with E-state index in [1.165, 1.54) is 0 Å². The first-order chi connectivity index (χ1) is 6.72. The number of rotatable bonds is 2. The third-order valence-electron chi connectivity index (χ3n) is 1.65. The minimum absolute atomic E-state index is 0.00692. The molecule has 0 aliphatic rings. The lowest BCUT2D eigenvalue weighted by Crippen LogP contribution is -1.90. The first kappa shape index (κ1) is 11.0. The van der Waals surface area contributed by atoms with Gasteiger partial charge in [-0.3, -0.25) is 4.79 Å². The number of benzene rings is 1. The SMILES string of the molecule is CCCC(=O)C#Cc1cccc(Br)c1. The summed E-state index contributed by atoms with van der Waals surface area (Å²) in [6, 6.07) is 7.61. The molecular weight excluding hydrogens is 240 g/mol. The Hall–Kier alpha value is -1.07. The predicted molar refractivity (Wildman–Crippen MR) is 60.9 cm³/mol. The van der Waals surface area contributed by atoms with E-state index < -0.39 is 0 Å². The van der Waals surface area contributed by atoms with Crippen molar-refractivity contribution in [1.29, 1.82) is 0 Å². The van der Waals surface area contributed by atoms with Gasteiger partial charge in [0.2, 0.25) is 5.78 Å². The fraction of sp³-hybridized carbons (Fsp3) is 0.250. The maximum atomic E-state index is 11.1. The molecule has 0 aliphatic heterocycles. The highest BCUT2D eigenvalue weighted by Crippen LogP contribution is 2.10. The molecule has 0 unspecified atom stereocenters. The van der Waals surface area contributed by atoms with Crippen molar-refractivity contribution in [1.82, 2.24) is 0 Å². The molecule has 0 spiro atoms. The van der Waals surface area contributed by atoms with Crippen molar-refractivity contribution in [3.8, 4) is 11.8 Å². The second-order valence-electron chi connectivity index (χ2n) is 2.93. The average Bonchev–Trinajstić information content (AvgIpc) is 2.15. The van der Waals surface area contributed by atoms with Crippen LogP contribution in [0, 0.1) is 11.8 Å². The summed E-state index contributed by atoms with van der Waals surface area (Å²) in [7, 11) is 0. The van der Waals surface area contributed by atoms with Gasteiger partial charge in [-0.2, -0.15) is 0 Å². The van der Waals surface area contributed by atoms with Crippen LogP contribution < -0.4 is 0 Å². The van der Waals surface area contributed by atoms with Crippen molar-refractivity contribution in [2.24, 2.45) is 0 Å². The minimum Gasteiger partial charge on any atom is -0.285 e. The highest BCUT2D eigenvalue weighted by molar-refractivity contribution is 9.10. The van der Waals surface area contributed by atoms with Gasteiger partial charge in [-0.25, -0.2) is 0 Å². The zero-order valence-electron chi connectivity index (χ0n) is 8.01. The molecule has 14 heavy (non-hydrogen) atoms. The topological polar surface area (TPSA) is 17.1 Å². The Balaban J connectivity index is 2.72. The normalized spacial score (nSPS) is 9.00. The van der Waals surface area contributed by atoms with Crippen molar-refractivity contribution in [3.63, 3.8) is 0 Å². The van der Waals surface area contributed by atoms with Gasteiger partial charge < -0.3 is 0 Å². The average molecular weight is 251 g/mol. The summed E-state index contributed by atoms with van der Waals surface area (Å²) >= 11 is 3.35. The molecule has 0 bridgehead atoms. The molecule has 1 aromatic rings. The number of carbonyl (C=O) groups is 1. The van der Waals surface area contributed by atoms with Gasteiger partial charge in [-0.15, -0.1) is 0 Å². The summed E-state index contributed by atoms with van der Waals surface area (Å²) in [5.41, 5.74) is 0.865. The van der Waals surface area contributed by atoms with E-state index in [0.717, 1.165) is 16.5 Å². The molecule has 0 fully saturated rings. The van der Waals surface area contributed by atoms with Crippen molar-refractivity contribution in [3.05, 3.63) is 34.3 Å². The Morgan fingerprint density at radius 3 is 2.93 bits per heavy atom. The van der Waals surface area contributed by atoms with Crippen LogP contribution in [0.3, 0.4) is 0 Å². The predicted octanol–water partition coefficient (Wildman–Crippen LogP) is 3.17. The van der Waals surface area contributed by atoms with E-state index in [4.69, 9.17) is 0 Å². The number of hydrogen-bond acceptors (Lipinski definition) is 1. The van der Waals surface area contributed by atoms with Crippen LogP contribution in [0.25, 0.3) is 0 Å². The van der Waals surface area contributed by atoms with Crippen LogP contribution >= 0.6 is 15.9 Å². The Bertz CT molecular complexity index is 385. The van der Waals surface area contributed by atoms with E-state index in [-0.39, 0.29) is 5.78 Å². The van der Waals surface area contributed by atoms with Crippen molar-refractivity contribution < 1.29 is 4.79 Å². The lowest BCUT2D eigenvalue weighted by molar-refractivity contribution is -0.113. The van der Waals surface area contributed by atoms with E-state index in [1.54, 1.807) is 0 Å². The second-order valence-corrected chi connectivity index (χ2v) is 3.85. The van der Waals surface area contributed by atoms with Gasteiger partial charge >= 0.3 is 0 Å². The van der Waals surface area contributed by atoms with Gasteiger partial charge in [0.25, 0.3) is 0 Å². The Kier molecular flexibility index (Phi) is 4.42. The molecular formula is C12H11BrO. The van der Waals surface area contributed by atoms with Crippen molar-refractivity contribution in [2.45, 2.75) is 19.8 Å². The maximum Gasteiger partial charge on any atom is 0.205 e. The fourth-order valence-electron chi connectivity index (χ4n) is 0.998. The summed E-state index contributed by atoms with van der Waals surface area (Å²) in [4.78, 5) is 11.1. The van der Waals surface area contributed by atoms with Crippen LogP contribution in [0.1, 0.15) is 25.3 Å². The third kappa shape index (κ3) is 3.76. The molecule has 0 aromatic heterocycles. The molecule has 0 radical (unpaired) electrons. The molecule has 1 aromatic carbocycles. The van der Waals surface area contributed by atoms with Gasteiger partial charge in [0.15, 0.2) is 0 Å². The van der Waals surface area contributed by atoms with Gasteiger partial charge in [0, 0.05) is 16.5 Å². The molecule has 0 saturated carbocycles. The summed E-state index contributed by atoms with van der Waals surface area (Å²) in [6.45, 7) is 1.97. The van der Waals surface area contributed by atoms with Gasteiger partial charge in [0.1, 0.15) is 0 Å². The molecule has 0 N–H and O–H groups in total. The molecule has 0 atom stereocenters. The number of ketones is 1. The van der Waals surface area contributed by atoms with E-state index in [0.29, 0.717) is 6.42 Å². The quantitative estimate of drug-likeness (QED) is 0.738. The van der Waals surface area contributed by atoms with Crippen LogP contribution in [0.15, 0.2) is 28.7 Å². The molecule has 0 aliphatic carbocycles. The summed E-state index contributed by atoms with van der Waals surface area (Å²) in [6.07, 6.45) is 1.40. The fourth-order valence-corrected chi connectivity index (χ4v) is 1.40. The first-order valence-electron chi connectivity index (χ1n) is 4.53. The molecule has 2 heteroatoms. The van der Waals surface area contributed by atoms with Gasteiger partial charge in [0.05, 0.1) is 0 Å². The second kappa shape index (κ2) is 5.62. The van der Waals surface area contributed by atoms with Crippen LogP contribution in [-0.4, -0.2) is 5.78 Å². The first-order valence-corrected chi connectivity index (χ1v) is 5.32. The largest absolute Gasteiger partial charge is 0.285 e. The smallest absolute Gasteiger partial charge is 0.205 e. The number of halogens is 1. The van der Waals surface area contributed by atoms with Crippen molar-refractivity contribution in [2.75, 3.05) is 0 Å². The van der Waals surface area contributed by atoms with Crippen LogP contribution in [0.2, 0.25) is 0 Å². The van der Waals surface area contributed by atoms with Crippen molar-refractivity contribution >= 4 is 21.7 Å². The lowest BCUT2D eigenvalue weighted by Gasteiger charge is -1.90. The number of Topliss-reactive ketones (excluding diaryl/α,β-unsaturated/α-hetero) is 1. The molecule has 1 rings (SSSR count). The van der Waals surface area contributed by atoms with E-state index in [1.807, 2.05) is 31.2 Å². The van der Waals surface area contributed by atoms with Gasteiger partial charge in [-0.05, 0) is 30.5 Å². The molecule has 1 nitrogen and oxygen atoms in total. The van der Waals surface area contributed by atoms with Gasteiger partial charge in [-0.1, -0.05) is 34.8 Å². The highest BCUT2D eigenvalue weighted by atomic mass is 79.9. The summed E-state index contributed by atoms with van der Waals surface area (Å²) < 4.78 is 0.979. The molecule has 0 amide bonds. The maximum absolute atomic E-state index is 11.1. The Morgan fingerprint density at radius 2 is 2.29 bits per heavy atom. The Morgan fingerprint density at radius 1 is 1.50 bits per heavy atom.